The van der Waals surface area contributed by atoms with E-state index in [1.807, 2.05) is 23.0 Å². The van der Waals surface area contributed by atoms with E-state index >= 15 is 0 Å². The molecular weight excluding hydrogens is 206 g/mol. The molecule has 2 aromatic rings. The van der Waals surface area contributed by atoms with Crippen molar-refractivity contribution >= 4 is 12.6 Å². The van der Waals surface area contributed by atoms with Crippen LogP contribution in [0.4, 0.5) is 0 Å². The summed E-state index contributed by atoms with van der Waals surface area (Å²) in [7, 11) is 0. The van der Waals surface area contributed by atoms with Crippen LogP contribution in [0.2, 0.25) is 0 Å². The van der Waals surface area contributed by atoms with Crippen LogP contribution in [0.15, 0.2) is 41.6 Å². The van der Waals surface area contributed by atoms with E-state index in [1.165, 1.54) is 5.56 Å². The van der Waals surface area contributed by atoms with E-state index in [0.29, 0.717) is 0 Å². The first kappa shape index (κ1) is 10.2. The molecule has 0 fully saturated rings. The quantitative estimate of drug-likeness (QED) is 0.799. The Kier molecular flexibility index (Phi) is 3.40. The molecule has 3 nitrogen and oxygen atoms in total. The Hall–Kier alpha value is -1.29. The summed E-state index contributed by atoms with van der Waals surface area (Å²) in [4.78, 5) is 1.01. The molecule has 4 heteroatoms. The topological polar surface area (TPSA) is 30.7 Å². The summed E-state index contributed by atoms with van der Waals surface area (Å²) >= 11 is 4.25. The van der Waals surface area contributed by atoms with Gasteiger partial charge in [-0.15, -0.1) is 17.7 Å². The van der Waals surface area contributed by atoms with E-state index in [1.54, 1.807) is 6.20 Å². The zero-order chi connectivity index (χ0) is 10.5. The van der Waals surface area contributed by atoms with E-state index in [2.05, 4.69) is 35.1 Å². The Morgan fingerprint density at radius 1 is 1.20 bits per heavy atom. The molecule has 0 N–H and O–H groups in total. The summed E-state index contributed by atoms with van der Waals surface area (Å²) < 4.78 is 1.85. The lowest BCUT2D eigenvalue weighted by Gasteiger charge is -2.01. The van der Waals surface area contributed by atoms with Crippen molar-refractivity contribution in [3.05, 3.63) is 42.2 Å². The van der Waals surface area contributed by atoms with Gasteiger partial charge in [0.2, 0.25) is 0 Å². The van der Waals surface area contributed by atoms with Gasteiger partial charge in [0.05, 0.1) is 6.20 Å². The maximum absolute atomic E-state index is 4.25. The number of hydrogen-bond donors (Lipinski definition) is 1. The second kappa shape index (κ2) is 4.98. The predicted octanol–water partition coefficient (Wildman–Crippen LogP) is 2.20. The van der Waals surface area contributed by atoms with Crippen LogP contribution in [0.3, 0.4) is 0 Å². The third kappa shape index (κ3) is 3.09. The maximum Gasteiger partial charge on any atom is 0.0692 e. The molecule has 0 aliphatic rings. The zero-order valence-electron chi connectivity index (χ0n) is 8.37. The number of aryl methyl sites for hydroxylation is 2. The first-order valence-corrected chi connectivity index (χ1v) is 5.41. The van der Waals surface area contributed by atoms with Gasteiger partial charge in [-0.3, -0.25) is 4.68 Å². The third-order valence-corrected chi connectivity index (χ3v) is 2.56. The number of aromatic nitrogens is 3. The molecule has 0 amide bonds. The van der Waals surface area contributed by atoms with Crippen molar-refractivity contribution in [3.63, 3.8) is 0 Å². The molecule has 0 radical (unpaired) electrons. The molecule has 78 valence electrons. The number of hydrogen-bond acceptors (Lipinski definition) is 3. The average molecular weight is 219 g/mol. The lowest BCUT2D eigenvalue weighted by molar-refractivity contribution is 0.558. The molecule has 0 atom stereocenters. The summed E-state index contributed by atoms with van der Waals surface area (Å²) in [5.74, 6) is 0. The summed E-state index contributed by atoms with van der Waals surface area (Å²) in [6, 6.07) is 8.27. The van der Waals surface area contributed by atoms with Crippen molar-refractivity contribution in [2.45, 2.75) is 24.3 Å². The molecule has 0 bridgehead atoms. The molecule has 0 unspecified atom stereocenters. The monoisotopic (exact) mass is 219 g/mol. The molecule has 0 aliphatic heterocycles. The Labute approximate surface area is 94.5 Å². The van der Waals surface area contributed by atoms with Gasteiger partial charge in [-0.1, -0.05) is 17.3 Å². The van der Waals surface area contributed by atoms with Crippen molar-refractivity contribution in [1.82, 2.24) is 15.0 Å². The van der Waals surface area contributed by atoms with Crippen molar-refractivity contribution in [2.24, 2.45) is 0 Å². The highest BCUT2D eigenvalue weighted by Gasteiger charge is 1.95. The SMILES string of the molecule is Sc1ccc(CCCn2ccnn2)cc1. The maximum atomic E-state index is 4.25. The summed E-state index contributed by atoms with van der Waals surface area (Å²) in [5, 5.41) is 7.68. The normalized spacial score (nSPS) is 10.5. The van der Waals surface area contributed by atoms with Crippen molar-refractivity contribution in [3.8, 4) is 0 Å². The fourth-order valence-electron chi connectivity index (χ4n) is 1.46. The third-order valence-electron chi connectivity index (χ3n) is 2.26. The number of rotatable bonds is 4. The molecule has 1 aromatic heterocycles. The first-order chi connectivity index (χ1) is 7.34. The molecule has 0 saturated carbocycles. The van der Waals surface area contributed by atoms with Gasteiger partial charge in [-0.25, -0.2) is 0 Å². The molecule has 0 spiro atoms. The Morgan fingerprint density at radius 3 is 2.67 bits per heavy atom. The summed E-state index contributed by atoms with van der Waals surface area (Å²) in [6.45, 7) is 0.919. The van der Waals surface area contributed by atoms with Crippen LogP contribution in [0.25, 0.3) is 0 Å². The second-order valence-corrected chi connectivity index (χ2v) is 3.95. The standard InChI is InChI=1S/C11H13N3S/c15-11-5-3-10(4-6-11)2-1-8-14-9-7-12-13-14/h3-7,9,15H,1-2,8H2. The number of nitrogens with zero attached hydrogens (tertiary/aromatic N) is 3. The van der Waals surface area contributed by atoms with Gasteiger partial charge in [-0.05, 0) is 30.5 Å². The highest BCUT2D eigenvalue weighted by Crippen LogP contribution is 2.09. The number of thiol groups is 1. The second-order valence-electron chi connectivity index (χ2n) is 3.44. The van der Waals surface area contributed by atoms with Gasteiger partial charge in [0, 0.05) is 17.6 Å². The summed E-state index contributed by atoms with van der Waals surface area (Å²) in [6.07, 6.45) is 5.73. The smallest absolute Gasteiger partial charge is 0.0692 e. The number of benzene rings is 1. The van der Waals surface area contributed by atoms with Crippen LogP contribution >= 0.6 is 12.6 Å². The highest BCUT2D eigenvalue weighted by molar-refractivity contribution is 7.80. The van der Waals surface area contributed by atoms with E-state index < -0.39 is 0 Å². The van der Waals surface area contributed by atoms with Gasteiger partial charge >= 0.3 is 0 Å². The van der Waals surface area contributed by atoms with Crippen molar-refractivity contribution in [2.75, 3.05) is 0 Å². The van der Waals surface area contributed by atoms with Gasteiger partial charge < -0.3 is 0 Å². The van der Waals surface area contributed by atoms with Gasteiger partial charge in [-0.2, -0.15) is 0 Å². The molecule has 15 heavy (non-hydrogen) atoms. The van der Waals surface area contributed by atoms with Crippen LogP contribution < -0.4 is 0 Å². The highest BCUT2D eigenvalue weighted by atomic mass is 32.1. The van der Waals surface area contributed by atoms with Gasteiger partial charge in [0.1, 0.15) is 0 Å². The minimum absolute atomic E-state index is 0.919. The first-order valence-electron chi connectivity index (χ1n) is 4.96. The lowest BCUT2D eigenvalue weighted by Crippen LogP contribution is -2.00. The van der Waals surface area contributed by atoms with Crippen LogP contribution in [0, 0.1) is 0 Å². The summed E-state index contributed by atoms with van der Waals surface area (Å²) in [5.41, 5.74) is 1.34. The van der Waals surface area contributed by atoms with Crippen LogP contribution in [-0.4, -0.2) is 15.0 Å². The molecule has 2 rings (SSSR count). The molecule has 0 aliphatic carbocycles. The molecule has 1 heterocycles. The van der Waals surface area contributed by atoms with Gasteiger partial charge in [0.15, 0.2) is 0 Å². The lowest BCUT2D eigenvalue weighted by atomic mass is 10.1. The fourth-order valence-corrected chi connectivity index (χ4v) is 1.61. The van der Waals surface area contributed by atoms with E-state index in [4.69, 9.17) is 0 Å². The van der Waals surface area contributed by atoms with E-state index in [-0.39, 0.29) is 0 Å². The van der Waals surface area contributed by atoms with Crippen molar-refractivity contribution in [1.29, 1.82) is 0 Å². The zero-order valence-corrected chi connectivity index (χ0v) is 9.27. The van der Waals surface area contributed by atoms with Crippen molar-refractivity contribution < 1.29 is 0 Å². The van der Waals surface area contributed by atoms with E-state index in [0.717, 1.165) is 24.3 Å². The minimum atomic E-state index is 0.919. The largest absolute Gasteiger partial charge is 0.253 e. The van der Waals surface area contributed by atoms with Crippen LogP contribution in [-0.2, 0) is 13.0 Å². The van der Waals surface area contributed by atoms with Crippen LogP contribution in [0.5, 0.6) is 0 Å². The fraction of sp³-hybridized carbons (Fsp3) is 0.273. The van der Waals surface area contributed by atoms with Crippen LogP contribution in [0.1, 0.15) is 12.0 Å². The Bertz CT molecular complexity index is 394. The Morgan fingerprint density at radius 2 is 2.00 bits per heavy atom. The molecular formula is C11H13N3S. The van der Waals surface area contributed by atoms with Gasteiger partial charge in [0.25, 0.3) is 0 Å². The molecule has 0 saturated heterocycles. The average Bonchev–Trinajstić information content (AvgIpc) is 2.74. The predicted molar refractivity (Wildman–Crippen MR) is 62.0 cm³/mol. The van der Waals surface area contributed by atoms with E-state index in [9.17, 15) is 0 Å². The molecule has 1 aromatic carbocycles. The Balaban J connectivity index is 1.81. The minimum Gasteiger partial charge on any atom is -0.253 e.